The number of rotatable bonds is 5. The van der Waals surface area contributed by atoms with Crippen molar-refractivity contribution in [3.63, 3.8) is 0 Å². The van der Waals surface area contributed by atoms with Crippen molar-refractivity contribution in [3.05, 3.63) is 23.2 Å². The van der Waals surface area contributed by atoms with Crippen LogP contribution < -0.4 is 11.1 Å². The third-order valence-corrected chi connectivity index (χ3v) is 3.83. The van der Waals surface area contributed by atoms with Gasteiger partial charge in [0.2, 0.25) is 0 Å². The minimum absolute atomic E-state index is 0.734. The Morgan fingerprint density at radius 2 is 2.06 bits per heavy atom. The molecular weight excluding hydrogens is 232 g/mol. The van der Waals surface area contributed by atoms with E-state index in [1.54, 1.807) is 0 Å². The van der Waals surface area contributed by atoms with Crippen molar-refractivity contribution in [1.29, 1.82) is 0 Å². The van der Waals surface area contributed by atoms with E-state index in [2.05, 4.69) is 5.32 Å². The van der Waals surface area contributed by atoms with Gasteiger partial charge >= 0.3 is 0 Å². The molecule has 0 unspecified atom stereocenters. The monoisotopic (exact) mass is 252 g/mol. The molecule has 0 spiro atoms. The highest BCUT2D eigenvalue weighted by atomic mass is 35.5. The molecule has 0 heterocycles. The van der Waals surface area contributed by atoms with Gasteiger partial charge in [-0.05, 0) is 37.0 Å². The van der Waals surface area contributed by atoms with E-state index in [4.69, 9.17) is 17.3 Å². The number of hydrogen-bond acceptors (Lipinski definition) is 2. The van der Waals surface area contributed by atoms with Gasteiger partial charge in [0.1, 0.15) is 0 Å². The SMILES string of the molecule is Nc1ccc(Cl)cc1NCCCC1CCCC1. The van der Waals surface area contributed by atoms with E-state index in [-0.39, 0.29) is 0 Å². The summed E-state index contributed by atoms with van der Waals surface area (Å²) in [6.45, 7) is 0.987. The summed E-state index contributed by atoms with van der Waals surface area (Å²) in [7, 11) is 0. The van der Waals surface area contributed by atoms with E-state index in [1.807, 2.05) is 18.2 Å². The molecule has 17 heavy (non-hydrogen) atoms. The first-order valence-corrected chi connectivity index (χ1v) is 6.92. The number of hydrogen-bond donors (Lipinski definition) is 2. The van der Waals surface area contributed by atoms with E-state index in [1.165, 1.54) is 38.5 Å². The van der Waals surface area contributed by atoms with Crippen LogP contribution in [0.5, 0.6) is 0 Å². The van der Waals surface area contributed by atoms with Gasteiger partial charge in [-0.2, -0.15) is 0 Å². The Kier molecular flexibility index (Phi) is 4.55. The molecule has 2 nitrogen and oxygen atoms in total. The molecule has 0 atom stereocenters. The number of halogens is 1. The second-order valence-corrected chi connectivity index (χ2v) is 5.39. The standard InChI is InChI=1S/C14H21ClN2/c15-12-7-8-13(16)14(10-12)17-9-3-6-11-4-1-2-5-11/h7-8,10-11,17H,1-6,9,16H2. The van der Waals surface area contributed by atoms with Gasteiger partial charge in [-0.15, -0.1) is 0 Å². The van der Waals surface area contributed by atoms with Crippen LogP contribution in [0.3, 0.4) is 0 Å². The van der Waals surface area contributed by atoms with Crippen molar-refractivity contribution >= 4 is 23.0 Å². The van der Waals surface area contributed by atoms with Crippen LogP contribution >= 0.6 is 11.6 Å². The molecule has 1 aromatic rings. The predicted molar refractivity (Wildman–Crippen MR) is 75.5 cm³/mol. The first-order valence-electron chi connectivity index (χ1n) is 6.54. The lowest BCUT2D eigenvalue weighted by Gasteiger charge is -2.11. The Balaban J connectivity index is 1.72. The number of benzene rings is 1. The highest BCUT2D eigenvalue weighted by Crippen LogP contribution is 2.28. The minimum atomic E-state index is 0.734. The predicted octanol–water partition coefficient (Wildman–Crippen LogP) is 4.30. The highest BCUT2D eigenvalue weighted by molar-refractivity contribution is 6.31. The molecule has 3 N–H and O–H groups in total. The molecule has 1 aromatic carbocycles. The second-order valence-electron chi connectivity index (χ2n) is 4.95. The summed E-state index contributed by atoms with van der Waals surface area (Å²) in [5.74, 6) is 0.966. The molecule has 0 amide bonds. The van der Waals surface area contributed by atoms with Crippen LogP contribution in [0.1, 0.15) is 38.5 Å². The van der Waals surface area contributed by atoms with Crippen LogP contribution in [-0.2, 0) is 0 Å². The maximum absolute atomic E-state index is 5.94. The van der Waals surface area contributed by atoms with Gasteiger partial charge in [-0.25, -0.2) is 0 Å². The highest BCUT2D eigenvalue weighted by Gasteiger charge is 2.13. The van der Waals surface area contributed by atoms with E-state index < -0.39 is 0 Å². The van der Waals surface area contributed by atoms with Gasteiger partial charge in [0.25, 0.3) is 0 Å². The molecule has 3 heteroatoms. The summed E-state index contributed by atoms with van der Waals surface area (Å²) in [4.78, 5) is 0. The normalized spacial score (nSPS) is 16.3. The molecule has 1 aliphatic rings. The zero-order valence-electron chi connectivity index (χ0n) is 10.2. The zero-order chi connectivity index (χ0) is 12.1. The number of anilines is 2. The molecule has 0 aromatic heterocycles. The lowest BCUT2D eigenvalue weighted by Crippen LogP contribution is -2.06. The Bertz CT molecular complexity index is 359. The summed E-state index contributed by atoms with van der Waals surface area (Å²) in [6.07, 6.45) is 8.28. The van der Waals surface area contributed by atoms with E-state index in [9.17, 15) is 0 Å². The minimum Gasteiger partial charge on any atom is -0.397 e. The molecule has 1 aliphatic carbocycles. The van der Waals surface area contributed by atoms with Gasteiger partial charge in [-0.1, -0.05) is 37.3 Å². The van der Waals surface area contributed by atoms with Crippen LogP contribution in [0.15, 0.2) is 18.2 Å². The lowest BCUT2D eigenvalue weighted by molar-refractivity contribution is 0.491. The van der Waals surface area contributed by atoms with E-state index in [0.29, 0.717) is 0 Å². The Hall–Kier alpha value is -0.890. The topological polar surface area (TPSA) is 38.0 Å². The van der Waals surface area contributed by atoms with Crippen molar-refractivity contribution < 1.29 is 0 Å². The summed E-state index contributed by atoms with van der Waals surface area (Å²) in [5, 5.41) is 4.10. The molecule has 94 valence electrons. The van der Waals surface area contributed by atoms with Gasteiger partial charge in [-0.3, -0.25) is 0 Å². The van der Waals surface area contributed by atoms with Crippen LogP contribution in [0.2, 0.25) is 5.02 Å². The van der Waals surface area contributed by atoms with Gasteiger partial charge < -0.3 is 11.1 Å². The van der Waals surface area contributed by atoms with Gasteiger partial charge in [0.05, 0.1) is 11.4 Å². The molecule has 0 radical (unpaired) electrons. The van der Waals surface area contributed by atoms with Crippen molar-refractivity contribution in [3.8, 4) is 0 Å². The molecule has 0 bridgehead atoms. The lowest BCUT2D eigenvalue weighted by atomic mass is 10.0. The van der Waals surface area contributed by atoms with Crippen molar-refractivity contribution in [2.24, 2.45) is 5.92 Å². The number of nitrogen functional groups attached to an aromatic ring is 1. The Morgan fingerprint density at radius 1 is 1.29 bits per heavy atom. The smallest absolute Gasteiger partial charge is 0.0588 e. The molecule has 1 fully saturated rings. The van der Waals surface area contributed by atoms with Crippen LogP contribution in [0.25, 0.3) is 0 Å². The van der Waals surface area contributed by atoms with Gasteiger partial charge in [0, 0.05) is 11.6 Å². The summed E-state index contributed by atoms with van der Waals surface area (Å²) < 4.78 is 0. The maximum Gasteiger partial charge on any atom is 0.0588 e. The molecular formula is C14H21ClN2. The first kappa shape index (κ1) is 12.6. The summed E-state index contributed by atoms with van der Waals surface area (Å²) >= 11 is 5.94. The number of nitrogens with two attached hydrogens (primary N) is 1. The quantitative estimate of drug-likeness (QED) is 0.606. The Morgan fingerprint density at radius 3 is 2.82 bits per heavy atom. The molecule has 1 saturated carbocycles. The van der Waals surface area contributed by atoms with Crippen LogP contribution in [0, 0.1) is 5.92 Å². The fourth-order valence-corrected chi connectivity index (χ4v) is 2.77. The fraction of sp³-hybridized carbons (Fsp3) is 0.571. The third kappa shape index (κ3) is 3.81. The number of nitrogens with one attached hydrogen (secondary N) is 1. The third-order valence-electron chi connectivity index (χ3n) is 3.59. The van der Waals surface area contributed by atoms with E-state index in [0.717, 1.165) is 28.9 Å². The van der Waals surface area contributed by atoms with Crippen molar-refractivity contribution in [1.82, 2.24) is 0 Å². The average Bonchev–Trinajstić information content (AvgIpc) is 2.82. The first-order chi connectivity index (χ1) is 8.25. The van der Waals surface area contributed by atoms with E-state index >= 15 is 0 Å². The summed E-state index contributed by atoms with van der Waals surface area (Å²) in [6, 6.07) is 5.56. The van der Waals surface area contributed by atoms with Crippen molar-refractivity contribution in [2.75, 3.05) is 17.6 Å². The average molecular weight is 253 g/mol. The van der Waals surface area contributed by atoms with Gasteiger partial charge in [0.15, 0.2) is 0 Å². The second kappa shape index (κ2) is 6.15. The van der Waals surface area contributed by atoms with Crippen molar-refractivity contribution in [2.45, 2.75) is 38.5 Å². The molecule has 0 saturated heterocycles. The Labute approximate surface area is 109 Å². The molecule has 2 rings (SSSR count). The largest absolute Gasteiger partial charge is 0.397 e. The summed E-state index contributed by atoms with van der Waals surface area (Å²) in [5.41, 5.74) is 7.61. The fourth-order valence-electron chi connectivity index (χ4n) is 2.59. The zero-order valence-corrected chi connectivity index (χ0v) is 11.0. The van der Waals surface area contributed by atoms with Crippen LogP contribution in [0.4, 0.5) is 11.4 Å². The maximum atomic E-state index is 5.94. The van der Waals surface area contributed by atoms with Crippen LogP contribution in [-0.4, -0.2) is 6.54 Å². The molecule has 0 aliphatic heterocycles.